The average Bonchev–Trinajstić information content (AvgIpc) is 2.85. The second-order valence-corrected chi connectivity index (χ2v) is 5.92. The number of aromatic nitrogens is 1. The van der Waals surface area contributed by atoms with E-state index in [9.17, 15) is 9.18 Å². The quantitative estimate of drug-likeness (QED) is 0.854. The minimum Gasteiger partial charge on any atom is -0.351 e. The Morgan fingerprint density at radius 3 is 2.89 bits per heavy atom. The lowest BCUT2D eigenvalue weighted by Crippen LogP contribution is -2.38. The van der Waals surface area contributed by atoms with Crippen molar-refractivity contribution in [3.05, 3.63) is 29.8 Å². The lowest BCUT2D eigenvalue weighted by atomic mass is 10.1. The molecular formula is C13H17FN2OS. The van der Waals surface area contributed by atoms with Crippen LogP contribution in [0.3, 0.4) is 0 Å². The molecule has 0 aliphatic heterocycles. The molecule has 1 aliphatic rings. The predicted molar refractivity (Wildman–Crippen MR) is 71.2 cm³/mol. The zero-order valence-corrected chi connectivity index (χ0v) is 11.2. The van der Waals surface area contributed by atoms with Crippen molar-refractivity contribution in [2.45, 2.75) is 30.4 Å². The van der Waals surface area contributed by atoms with Gasteiger partial charge in [0.05, 0.1) is 0 Å². The molecule has 2 rings (SSSR count). The van der Waals surface area contributed by atoms with E-state index in [-0.39, 0.29) is 10.7 Å². The maximum absolute atomic E-state index is 12.9. The summed E-state index contributed by atoms with van der Waals surface area (Å²) in [4.78, 5) is 15.3. The Morgan fingerprint density at radius 1 is 1.56 bits per heavy atom. The van der Waals surface area contributed by atoms with E-state index in [0.717, 1.165) is 18.9 Å². The molecule has 0 aromatic carbocycles. The first kappa shape index (κ1) is 13.3. The Hall–Kier alpha value is -1.10. The molecule has 0 unspecified atom stereocenters. The van der Waals surface area contributed by atoms with Crippen LogP contribution in [0, 0.1) is 5.95 Å². The van der Waals surface area contributed by atoms with Gasteiger partial charge in [-0.05, 0) is 25.2 Å². The number of nitrogens with one attached hydrogen (secondary N) is 1. The van der Waals surface area contributed by atoms with E-state index in [4.69, 9.17) is 0 Å². The fourth-order valence-electron chi connectivity index (χ4n) is 2.36. The van der Waals surface area contributed by atoms with E-state index in [0.29, 0.717) is 12.1 Å². The molecule has 1 fully saturated rings. The van der Waals surface area contributed by atoms with Crippen molar-refractivity contribution in [3.8, 4) is 0 Å². The van der Waals surface area contributed by atoms with Gasteiger partial charge in [-0.1, -0.05) is 12.8 Å². The van der Waals surface area contributed by atoms with Crippen LogP contribution in [0.5, 0.6) is 0 Å². The third-order valence-electron chi connectivity index (χ3n) is 3.51. The largest absolute Gasteiger partial charge is 0.351 e. The summed E-state index contributed by atoms with van der Waals surface area (Å²) in [5.41, 5.74) is 0.330. The number of carbonyl (C=O) groups is 1. The Morgan fingerprint density at radius 2 is 2.28 bits per heavy atom. The van der Waals surface area contributed by atoms with Crippen LogP contribution < -0.4 is 5.32 Å². The third-order valence-corrected chi connectivity index (χ3v) is 4.93. The first-order valence-corrected chi connectivity index (χ1v) is 7.33. The minimum atomic E-state index is -0.622. The van der Waals surface area contributed by atoms with Gasteiger partial charge >= 0.3 is 0 Å². The van der Waals surface area contributed by atoms with Crippen molar-refractivity contribution in [2.75, 3.05) is 12.8 Å². The van der Waals surface area contributed by atoms with Crippen LogP contribution in [-0.2, 0) is 0 Å². The third kappa shape index (κ3) is 3.02. The minimum absolute atomic E-state index is 0.168. The second kappa shape index (κ2) is 5.69. The zero-order chi connectivity index (χ0) is 13.0. The number of halogens is 1. The Balaban J connectivity index is 1.96. The van der Waals surface area contributed by atoms with E-state index < -0.39 is 5.95 Å². The molecule has 0 bridgehead atoms. The molecular weight excluding hydrogens is 251 g/mol. The van der Waals surface area contributed by atoms with Gasteiger partial charge in [0.2, 0.25) is 5.95 Å². The Kier molecular flexibility index (Phi) is 4.22. The summed E-state index contributed by atoms with van der Waals surface area (Å²) >= 11 is 1.82. The Labute approximate surface area is 111 Å². The number of rotatable bonds is 4. The maximum atomic E-state index is 12.9. The monoisotopic (exact) mass is 268 g/mol. The van der Waals surface area contributed by atoms with E-state index in [2.05, 4.69) is 16.6 Å². The van der Waals surface area contributed by atoms with E-state index in [1.54, 1.807) is 0 Å². The number of hydrogen-bond donors (Lipinski definition) is 1. The van der Waals surface area contributed by atoms with Crippen LogP contribution in [0.15, 0.2) is 18.3 Å². The molecule has 1 amide bonds. The van der Waals surface area contributed by atoms with Gasteiger partial charge in [0.15, 0.2) is 0 Å². The summed E-state index contributed by atoms with van der Waals surface area (Å²) in [6, 6.07) is 2.69. The lowest BCUT2D eigenvalue weighted by Gasteiger charge is -2.26. The van der Waals surface area contributed by atoms with Crippen LogP contribution in [0.25, 0.3) is 0 Å². The zero-order valence-electron chi connectivity index (χ0n) is 10.4. The van der Waals surface area contributed by atoms with Gasteiger partial charge in [0.1, 0.15) is 0 Å². The SMILES string of the molecule is CSC1(CNC(=O)c2ccnc(F)c2)CCCC1. The molecule has 5 heteroatoms. The summed E-state index contributed by atoms with van der Waals surface area (Å²) < 4.78 is 13.1. The van der Waals surface area contributed by atoms with Gasteiger partial charge in [0.25, 0.3) is 5.91 Å². The molecule has 1 aromatic rings. The van der Waals surface area contributed by atoms with Gasteiger partial charge < -0.3 is 5.32 Å². The van der Waals surface area contributed by atoms with Gasteiger partial charge in [-0.15, -0.1) is 0 Å². The lowest BCUT2D eigenvalue weighted by molar-refractivity contribution is 0.0949. The van der Waals surface area contributed by atoms with Crippen molar-refractivity contribution < 1.29 is 9.18 Å². The van der Waals surface area contributed by atoms with Crippen molar-refractivity contribution >= 4 is 17.7 Å². The van der Waals surface area contributed by atoms with Crippen LogP contribution in [0.1, 0.15) is 36.0 Å². The number of carbonyl (C=O) groups excluding carboxylic acids is 1. The molecule has 98 valence electrons. The number of hydrogen-bond acceptors (Lipinski definition) is 3. The van der Waals surface area contributed by atoms with Gasteiger partial charge in [0, 0.05) is 29.1 Å². The number of nitrogens with zero attached hydrogens (tertiary/aromatic N) is 1. The number of pyridine rings is 1. The maximum Gasteiger partial charge on any atom is 0.251 e. The summed E-state index contributed by atoms with van der Waals surface area (Å²) in [5.74, 6) is -0.847. The first-order chi connectivity index (χ1) is 8.65. The molecule has 0 atom stereocenters. The Bertz CT molecular complexity index is 433. The molecule has 1 heterocycles. The molecule has 1 N–H and O–H groups in total. The van der Waals surface area contributed by atoms with Crippen LogP contribution >= 0.6 is 11.8 Å². The molecule has 0 spiro atoms. The van der Waals surface area contributed by atoms with Crippen LogP contribution in [0.4, 0.5) is 4.39 Å². The summed E-state index contributed by atoms with van der Waals surface area (Å²) in [5, 5.41) is 2.91. The fraction of sp³-hybridized carbons (Fsp3) is 0.538. The summed E-state index contributed by atoms with van der Waals surface area (Å²) in [6.07, 6.45) is 8.12. The summed E-state index contributed by atoms with van der Waals surface area (Å²) in [7, 11) is 0. The van der Waals surface area contributed by atoms with Gasteiger partial charge in [-0.25, -0.2) is 4.98 Å². The van der Waals surface area contributed by atoms with E-state index in [1.807, 2.05) is 11.8 Å². The highest BCUT2D eigenvalue weighted by Gasteiger charge is 2.33. The normalized spacial score (nSPS) is 17.7. The molecule has 1 aliphatic carbocycles. The highest BCUT2D eigenvalue weighted by molar-refractivity contribution is 8.00. The predicted octanol–water partition coefficient (Wildman–Crippen LogP) is 2.63. The van der Waals surface area contributed by atoms with Crippen molar-refractivity contribution in [3.63, 3.8) is 0 Å². The standard InChI is InChI=1S/C13H17FN2OS/c1-18-13(5-2-3-6-13)9-16-12(17)10-4-7-15-11(14)8-10/h4,7-8H,2-3,5-6,9H2,1H3,(H,16,17). The van der Waals surface area contributed by atoms with Crippen LogP contribution in [0.2, 0.25) is 0 Å². The fourth-order valence-corrected chi connectivity index (χ4v) is 3.27. The first-order valence-electron chi connectivity index (χ1n) is 6.10. The second-order valence-electron chi connectivity index (χ2n) is 4.64. The van der Waals surface area contributed by atoms with Gasteiger partial charge in [-0.2, -0.15) is 16.2 Å². The highest BCUT2D eigenvalue weighted by atomic mass is 32.2. The van der Waals surface area contributed by atoms with Crippen LogP contribution in [-0.4, -0.2) is 28.4 Å². The highest BCUT2D eigenvalue weighted by Crippen LogP contribution is 2.39. The molecule has 3 nitrogen and oxygen atoms in total. The topological polar surface area (TPSA) is 42.0 Å². The van der Waals surface area contributed by atoms with E-state index >= 15 is 0 Å². The van der Waals surface area contributed by atoms with Gasteiger partial charge in [-0.3, -0.25) is 4.79 Å². The van der Waals surface area contributed by atoms with E-state index in [1.165, 1.54) is 25.1 Å². The average molecular weight is 268 g/mol. The molecule has 0 saturated heterocycles. The number of thioether (sulfide) groups is 1. The smallest absolute Gasteiger partial charge is 0.251 e. The molecule has 1 saturated carbocycles. The number of amides is 1. The van der Waals surface area contributed by atoms with Crippen molar-refractivity contribution in [1.82, 2.24) is 10.3 Å². The molecule has 0 radical (unpaired) electrons. The van der Waals surface area contributed by atoms with Crippen molar-refractivity contribution in [1.29, 1.82) is 0 Å². The van der Waals surface area contributed by atoms with Crippen molar-refractivity contribution in [2.24, 2.45) is 0 Å². The molecule has 1 aromatic heterocycles. The summed E-state index contributed by atoms with van der Waals surface area (Å²) in [6.45, 7) is 0.650. The molecule has 18 heavy (non-hydrogen) atoms.